The maximum absolute atomic E-state index is 12.2. The first-order chi connectivity index (χ1) is 10.7. The van der Waals surface area contributed by atoms with Gasteiger partial charge in [0.1, 0.15) is 5.60 Å². The van der Waals surface area contributed by atoms with Gasteiger partial charge in [-0.1, -0.05) is 11.8 Å². The van der Waals surface area contributed by atoms with Crippen molar-refractivity contribution in [3.05, 3.63) is 0 Å². The lowest BCUT2D eigenvalue weighted by Gasteiger charge is -2.26. The molecule has 2 aliphatic heterocycles. The zero-order valence-corrected chi connectivity index (χ0v) is 15.1. The summed E-state index contributed by atoms with van der Waals surface area (Å²) in [6.45, 7) is 8.93. The maximum atomic E-state index is 12.2. The lowest BCUT2D eigenvalue weighted by atomic mass is 10.1. The van der Waals surface area contributed by atoms with Crippen molar-refractivity contribution in [1.29, 1.82) is 0 Å². The van der Waals surface area contributed by atoms with E-state index in [0.29, 0.717) is 31.8 Å². The van der Waals surface area contributed by atoms with Gasteiger partial charge in [-0.25, -0.2) is 4.79 Å². The lowest BCUT2D eigenvalue weighted by Crippen LogP contribution is -2.41. The fourth-order valence-corrected chi connectivity index (χ4v) is 3.69. The molecule has 2 aliphatic rings. The van der Waals surface area contributed by atoms with Crippen LogP contribution in [0, 0.1) is 5.92 Å². The van der Waals surface area contributed by atoms with Gasteiger partial charge in [-0.3, -0.25) is 9.59 Å². The van der Waals surface area contributed by atoms with Crippen molar-refractivity contribution in [3.63, 3.8) is 0 Å². The zero-order valence-electron chi connectivity index (χ0n) is 14.3. The first-order valence-corrected chi connectivity index (χ1v) is 9.05. The van der Waals surface area contributed by atoms with Crippen molar-refractivity contribution in [3.8, 4) is 0 Å². The molecule has 2 saturated heterocycles. The lowest BCUT2D eigenvalue weighted by molar-refractivity contribution is -0.129. The summed E-state index contributed by atoms with van der Waals surface area (Å²) < 4.78 is 5.39. The number of thioether (sulfide) groups is 1. The molecule has 2 amide bonds. The van der Waals surface area contributed by atoms with Crippen molar-refractivity contribution in [2.75, 3.05) is 25.4 Å². The minimum atomic E-state index is -0.506. The van der Waals surface area contributed by atoms with Crippen LogP contribution in [-0.4, -0.2) is 63.9 Å². The molecule has 2 heterocycles. The predicted molar refractivity (Wildman–Crippen MR) is 89.2 cm³/mol. The average Bonchev–Trinajstić information content (AvgIpc) is 3.00. The summed E-state index contributed by atoms with van der Waals surface area (Å²) in [5, 5.41) is 0.0906. The average molecular weight is 342 g/mol. The number of nitrogens with zero attached hydrogens (tertiary/aromatic N) is 2. The fraction of sp³-hybridized carbons (Fsp3) is 0.812. The van der Waals surface area contributed by atoms with Crippen molar-refractivity contribution < 1.29 is 19.1 Å². The van der Waals surface area contributed by atoms with E-state index in [-0.39, 0.29) is 29.1 Å². The normalized spacial score (nSPS) is 25.1. The molecular formula is C16H26N2O4S. The third-order valence-electron chi connectivity index (χ3n) is 4.02. The second-order valence-electron chi connectivity index (χ2n) is 7.29. The summed E-state index contributed by atoms with van der Waals surface area (Å²) in [4.78, 5) is 38.9. The van der Waals surface area contributed by atoms with Gasteiger partial charge >= 0.3 is 6.09 Å². The van der Waals surface area contributed by atoms with Crippen LogP contribution >= 0.6 is 11.8 Å². The highest BCUT2D eigenvalue weighted by Gasteiger charge is 2.39. The highest BCUT2D eigenvalue weighted by molar-refractivity contribution is 8.13. The molecule has 6 nitrogen and oxygen atoms in total. The fourth-order valence-electron chi connectivity index (χ4n) is 3.00. The van der Waals surface area contributed by atoms with Gasteiger partial charge in [-0.05, 0) is 33.1 Å². The molecule has 0 spiro atoms. The summed E-state index contributed by atoms with van der Waals surface area (Å²) in [7, 11) is 0. The molecule has 0 radical (unpaired) electrons. The number of carbonyl (C=O) groups excluding carboxylic acids is 3. The molecule has 0 aromatic carbocycles. The Morgan fingerprint density at radius 3 is 2.61 bits per heavy atom. The monoisotopic (exact) mass is 342 g/mol. The molecule has 0 aromatic heterocycles. The van der Waals surface area contributed by atoms with Crippen molar-refractivity contribution in [2.45, 2.75) is 52.2 Å². The smallest absolute Gasteiger partial charge is 0.410 e. The summed E-state index contributed by atoms with van der Waals surface area (Å²) in [5.41, 5.74) is -0.506. The SMILES string of the molecule is CC(=O)SCC1CC(=O)N(C2CCN(C(=O)OC(C)(C)C)C2)C1. The van der Waals surface area contributed by atoms with Crippen LogP contribution in [0.4, 0.5) is 4.79 Å². The number of ether oxygens (including phenoxy) is 1. The predicted octanol–water partition coefficient (Wildman–Crippen LogP) is 2.12. The quantitative estimate of drug-likeness (QED) is 0.786. The first kappa shape index (κ1) is 18.1. The molecule has 0 saturated carbocycles. The van der Waals surface area contributed by atoms with E-state index in [9.17, 15) is 14.4 Å². The number of carbonyl (C=O) groups is 3. The van der Waals surface area contributed by atoms with E-state index in [0.717, 1.165) is 6.42 Å². The van der Waals surface area contributed by atoms with Crippen LogP contribution in [-0.2, 0) is 14.3 Å². The van der Waals surface area contributed by atoms with Crippen molar-refractivity contribution >= 4 is 28.9 Å². The number of hydrogen-bond donors (Lipinski definition) is 0. The van der Waals surface area contributed by atoms with Gasteiger partial charge in [-0.15, -0.1) is 0 Å². The van der Waals surface area contributed by atoms with Crippen LogP contribution in [0.2, 0.25) is 0 Å². The van der Waals surface area contributed by atoms with Gasteiger partial charge < -0.3 is 14.5 Å². The topological polar surface area (TPSA) is 66.9 Å². The Bertz CT molecular complexity index is 489. The number of hydrogen-bond acceptors (Lipinski definition) is 5. The molecule has 23 heavy (non-hydrogen) atoms. The van der Waals surface area contributed by atoms with Gasteiger partial charge in [0.25, 0.3) is 0 Å². The van der Waals surface area contributed by atoms with Gasteiger partial charge in [0.15, 0.2) is 5.12 Å². The van der Waals surface area contributed by atoms with E-state index in [1.165, 1.54) is 11.8 Å². The van der Waals surface area contributed by atoms with E-state index >= 15 is 0 Å². The summed E-state index contributed by atoms with van der Waals surface area (Å²) in [6.07, 6.45) is 0.983. The first-order valence-electron chi connectivity index (χ1n) is 8.06. The molecule has 130 valence electrons. The maximum Gasteiger partial charge on any atom is 0.410 e. The van der Waals surface area contributed by atoms with E-state index in [2.05, 4.69) is 0 Å². The highest BCUT2D eigenvalue weighted by atomic mass is 32.2. The largest absolute Gasteiger partial charge is 0.444 e. The minimum Gasteiger partial charge on any atom is -0.444 e. The third kappa shape index (κ3) is 5.12. The number of likely N-dealkylation sites (tertiary alicyclic amines) is 2. The van der Waals surface area contributed by atoms with E-state index in [1.54, 1.807) is 11.8 Å². The Morgan fingerprint density at radius 1 is 1.30 bits per heavy atom. The van der Waals surface area contributed by atoms with Gasteiger partial charge in [0.2, 0.25) is 5.91 Å². The van der Waals surface area contributed by atoms with Crippen LogP contribution in [0.1, 0.15) is 40.5 Å². The molecule has 0 aromatic rings. The van der Waals surface area contributed by atoms with Crippen LogP contribution in [0.5, 0.6) is 0 Å². The minimum absolute atomic E-state index is 0.0716. The Morgan fingerprint density at radius 2 is 2.00 bits per heavy atom. The van der Waals surface area contributed by atoms with E-state index in [1.807, 2.05) is 25.7 Å². The molecule has 0 N–H and O–H groups in total. The van der Waals surface area contributed by atoms with Gasteiger partial charge in [0, 0.05) is 38.7 Å². The Kier molecular flexibility index (Phi) is 5.60. The summed E-state index contributed by atoms with van der Waals surface area (Å²) in [6, 6.07) is 0.0716. The second-order valence-corrected chi connectivity index (χ2v) is 8.48. The highest BCUT2D eigenvalue weighted by Crippen LogP contribution is 2.28. The van der Waals surface area contributed by atoms with Crippen molar-refractivity contribution in [2.24, 2.45) is 5.92 Å². The summed E-state index contributed by atoms with van der Waals surface area (Å²) in [5.74, 6) is 1.06. The van der Waals surface area contributed by atoms with Crippen molar-refractivity contribution in [1.82, 2.24) is 9.80 Å². The molecule has 0 bridgehead atoms. The molecule has 2 atom stereocenters. The second kappa shape index (κ2) is 7.11. The number of rotatable bonds is 3. The molecule has 2 fully saturated rings. The van der Waals surface area contributed by atoms with Crippen LogP contribution in [0.3, 0.4) is 0 Å². The Hall–Kier alpha value is -1.24. The third-order valence-corrected chi connectivity index (χ3v) is 5.06. The molecule has 7 heteroatoms. The molecular weight excluding hydrogens is 316 g/mol. The van der Waals surface area contributed by atoms with Gasteiger partial charge in [-0.2, -0.15) is 0 Å². The molecule has 2 unspecified atom stereocenters. The van der Waals surface area contributed by atoms with E-state index < -0.39 is 5.60 Å². The standard InChI is InChI=1S/C16H26N2O4S/c1-11(19)23-10-12-7-14(20)18(8-12)13-5-6-17(9-13)15(21)22-16(2,3)4/h12-13H,5-10H2,1-4H3. The Balaban J connectivity index is 1.85. The molecule has 0 aliphatic carbocycles. The van der Waals surface area contributed by atoms with Gasteiger partial charge in [0.05, 0.1) is 6.04 Å². The van der Waals surface area contributed by atoms with Crippen LogP contribution < -0.4 is 0 Å². The van der Waals surface area contributed by atoms with Crippen LogP contribution in [0.15, 0.2) is 0 Å². The number of amides is 2. The zero-order chi connectivity index (χ0) is 17.2. The van der Waals surface area contributed by atoms with E-state index in [4.69, 9.17) is 4.74 Å². The van der Waals surface area contributed by atoms with Crippen LogP contribution in [0.25, 0.3) is 0 Å². The molecule has 2 rings (SSSR count). The Labute approximate surface area is 141 Å². The summed E-state index contributed by atoms with van der Waals surface area (Å²) >= 11 is 1.28.